The van der Waals surface area contributed by atoms with E-state index in [1.54, 1.807) is 42.3 Å². The molecule has 35 heavy (non-hydrogen) atoms. The number of urea groups is 1. The molecule has 2 aliphatic heterocycles. The maximum Gasteiger partial charge on any atom is 0.333 e. The molecule has 0 saturated carbocycles. The Morgan fingerprint density at radius 3 is 2.37 bits per heavy atom. The summed E-state index contributed by atoms with van der Waals surface area (Å²) in [5.74, 6) is -0.479. The van der Waals surface area contributed by atoms with Crippen LogP contribution in [-0.4, -0.2) is 80.0 Å². The van der Waals surface area contributed by atoms with Gasteiger partial charge in [-0.25, -0.2) is 4.79 Å². The first-order valence-electron chi connectivity index (χ1n) is 10.9. The Hall–Kier alpha value is -4.34. The van der Waals surface area contributed by atoms with Crippen molar-refractivity contribution in [2.24, 2.45) is 0 Å². The fourth-order valence-electron chi connectivity index (χ4n) is 3.96. The van der Waals surface area contributed by atoms with E-state index in [1.165, 1.54) is 27.3 Å². The van der Waals surface area contributed by atoms with Crippen molar-refractivity contribution >= 4 is 29.8 Å². The zero-order chi connectivity index (χ0) is 25.3. The van der Waals surface area contributed by atoms with Crippen molar-refractivity contribution in [2.45, 2.75) is 6.42 Å². The van der Waals surface area contributed by atoms with Crippen LogP contribution in [0.2, 0.25) is 0 Å². The van der Waals surface area contributed by atoms with Gasteiger partial charge >= 0.3 is 6.03 Å². The smallest absolute Gasteiger partial charge is 0.333 e. The van der Waals surface area contributed by atoms with E-state index in [9.17, 15) is 19.2 Å². The van der Waals surface area contributed by atoms with Crippen molar-refractivity contribution in [2.75, 3.05) is 41.6 Å². The molecule has 10 heteroatoms. The van der Waals surface area contributed by atoms with Gasteiger partial charge in [-0.1, -0.05) is 18.2 Å². The number of methoxy groups -OCH3 is 1. The molecule has 2 aromatic rings. The molecule has 0 aromatic heterocycles. The van der Waals surface area contributed by atoms with Crippen molar-refractivity contribution in [3.8, 4) is 17.2 Å². The third-order valence-electron chi connectivity index (χ3n) is 5.96. The molecule has 182 valence electrons. The average Bonchev–Trinajstić information content (AvgIpc) is 3.35. The van der Waals surface area contributed by atoms with E-state index in [-0.39, 0.29) is 18.3 Å². The van der Waals surface area contributed by atoms with Gasteiger partial charge in [0.2, 0.25) is 12.5 Å². The van der Waals surface area contributed by atoms with E-state index in [2.05, 4.69) is 0 Å². The standard InChI is InChI=1S/C25H25N3O7/c1-26(22(29)15-8-6-5-7-9-15)11-10-16-12-19-21(35-14-34-19)20(33-4)17(16)13-18-23(30)27(2)25(32)28(3)24(18)31/h5-9,12-13H,10-11,14H2,1-4H3. The summed E-state index contributed by atoms with van der Waals surface area (Å²) in [6.45, 7) is 0.336. The Kier molecular flexibility index (Phi) is 6.46. The zero-order valence-corrected chi connectivity index (χ0v) is 19.9. The highest BCUT2D eigenvalue weighted by molar-refractivity contribution is 6.30. The highest BCUT2D eigenvalue weighted by atomic mass is 16.7. The van der Waals surface area contributed by atoms with Crippen molar-refractivity contribution in [1.82, 2.24) is 14.7 Å². The number of nitrogens with zero attached hydrogens (tertiary/aromatic N) is 3. The Morgan fingerprint density at radius 1 is 1.09 bits per heavy atom. The average molecular weight is 479 g/mol. The minimum atomic E-state index is -0.722. The van der Waals surface area contributed by atoms with E-state index in [0.717, 1.165) is 9.80 Å². The molecule has 2 heterocycles. The number of benzene rings is 2. The minimum absolute atomic E-state index is 0.00457. The largest absolute Gasteiger partial charge is 0.492 e. The van der Waals surface area contributed by atoms with E-state index in [0.29, 0.717) is 46.9 Å². The first-order chi connectivity index (χ1) is 16.7. The molecule has 2 aliphatic rings. The van der Waals surface area contributed by atoms with Crippen LogP contribution in [0, 0.1) is 0 Å². The molecular formula is C25H25N3O7. The molecule has 0 bridgehead atoms. The van der Waals surface area contributed by atoms with Gasteiger partial charge in [0.1, 0.15) is 5.57 Å². The Labute approximate surface area is 202 Å². The topological polar surface area (TPSA) is 106 Å². The summed E-state index contributed by atoms with van der Waals surface area (Å²) < 4.78 is 16.7. The van der Waals surface area contributed by atoms with Crippen molar-refractivity contribution in [1.29, 1.82) is 0 Å². The Bertz CT molecular complexity index is 1210. The number of carbonyl (C=O) groups excluding carboxylic acids is 4. The van der Waals surface area contributed by atoms with E-state index < -0.39 is 17.8 Å². The van der Waals surface area contributed by atoms with Crippen LogP contribution in [0.25, 0.3) is 6.08 Å². The van der Waals surface area contributed by atoms with Gasteiger partial charge in [-0.15, -0.1) is 0 Å². The van der Waals surface area contributed by atoms with Gasteiger partial charge in [0.25, 0.3) is 17.7 Å². The third kappa shape index (κ3) is 4.30. The molecule has 4 rings (SSSR count). The summed E-state index contributed by atoms with van der Waals surface area (Å²) in [7, 11) is 5.76. The summed E-state index contributed by atoms with van der Waals surface area (Å²) in [4.78, 5) is 53.8. The quantitative estimate of drug-likeness (QED) is 0.462. The molecule has 0 unspecified atom stereocenters. The van der Waals surface area contributed by atoms with Crippen molar-refractivity contribution < 1.29 is 33.4 Å². The second-order valence-corrected chi connectivity index (χ2v) is 8.13. The van der Waals surface area contributed by atoms with Crippen LogP contribution < -0.4 is 14.2 Å². The normalized spacial score (nSPS) is 15.0. The van der Waals surface area contributed by atoms with Crippen molar-refractivity contribution in [3.05, 3.63) is 58.7 Å². The van der Waals surface area contributed by atoms with Gasteiger partial charge < -0.3 is 19.1 Å². The van der Waals surface area contributed by atoms with Gasteiger partial charge in [-0.3, -0.25) is 24.2 Å². The number of carbonyl (C=O) groups is 4. The Morgan fingerprint density at radius 2 is 1.74 bits per heavy atom. The fraction of sp³-hybridized carbons (Fsp3) is 0.280. The number of imide groups is 2. The number of fused-ring (bicyclic) bond motifs is 1. The lowest BCUT2D eigenvalue weighted by Crippen LogP contribution is -2.52. The lowest BCUT2D eigenvalue weighted by Gasteiger charge is -2.29. The maximum absolute atomic E-state index is 12.8. The number of likely N-dealkylation sites (N-methyl/N-ethyl adjacent to an activating group) is 3. The van der Waals surface area contributed by atoms with Gasteiger partial charge in [-0.2, -0.15) is 0 Å². The third-order valence-corrected chi connectivity index (χ3v) is 5.96. The Balaban J connectivity index is 1.72. The predicted molar refractivity (Wildman–Crippen MR) is 125 cm³/mol. The number of barbiturate groups is 1. The molecule has 1 saturated heterocycles. The second kappa shape index (κ2) is 9.49. The molecule has 0 atom stereocenters. The highest BCUT2D eigenvalue weighted by Gasteiger charge is 2.38. The first-order valence-corrected chi connectivity index (χ1v) is 10.9. The first kappa shape index (κ1) is 23.8. The lowest BCUT2D eigenvalue weighted by atomic mass is 9.97. The molecule has 2 aromatic carbocycles. The molecular weight excluding hydrogens is 454 g/mol. The SMILES string of the molecule is COc1c(C=C2C(=O)N(C)C(=O)N(C)C2=O)c(CCN(C)C(=O)c2ccccc2)cc2c1OCO2. The number of ether oxygens (including phenoxy) is 3. The van der Waals surface area contributed by atoms with Crippen LogP contribution in [0.5, 0.6) is 17.2 Å². The molecule has 5 amide bonds. The predicted octanol–water partition coefficient (Wildman–Crippen LogP) is 2.17. The van der Waals surface area contributed by atoms with Crippen LogP contribution in [0.15, 0.2) is 42.0 Å². The van der Waals surface area contributed by atoms with Gasteiger partial charge in [-0.05, 0) is 36.3 Å². The molecule has 0 spiro atoms. The highest BCUT2D eigenvalue weighted by Crippen LogP contribution is 2.46. The molecule has 0 radical (unpaired) electrons. The van der Waals surface area contributed by atoms with Crippen LogP contribution in [0.1, 0.15) is 21.5 Å². The van der Waals surface area contributed by atoms with E-state index >= 15 is 0 Å². The van der Waals surface area contributed by atoms with Crippen LogP contribution in [0.3, 0.4) is 0 Å². The molecule has 10 nitrogen and oxygen atoms in total. The molecule has 1 fully saturated rings. The van der Waals surface area contributed by atoms with E-state index in [4.69, 9.17) is 14.2 Å². The summed E-state index contributed by atoms with van der Waals surface area (Å²) >= 11 is 0. The van der Waals surface area contributed by atoms with Gasteiger partial charge in [0, 0.05) is 38.8 Å². The summed E-state index contributed by atoms with van der Waals surface area (Å²) in [6.07, 6.45) is 1.77. The maximum atomic E-state index is 12.8. The monoisotopic (exact) mass is 479 g/mol. The molecule has 0 N–H and O–H groups in total. The zero-order valence-electron chi connectivity index (χ0n) is 19.9. The summed E-state index contributed by atoms with van der Waals surface area (Å²) in [5, 5.41) is 0. The van der Waals surface area contributed by atoms with Gasteiger partial charge in [0.15, 0.2) is 11.5 Å². The number of amides is 5. The number of hydrogen-bond acceptors (Lipinski definition) is 7. The fourth-order valence-corrected chi connectivity index (χ4v) is 3.96. The van der Waals surface area contributed by atoms with Crippen molar-refractivity contribution in [3.63, 3.8) is 0 Å². The summed E-state index contributed by atoms with van der Waals surface area (Å²) in [5.41, 5.74) is 1.48. The van der Waals surface area contributed by atoms with Gasteiger partial charge in [0.05, 0.1) is 7.11 Å². The van der Waals surface area contributed by atoms with Crippen LogP contribution in [-0.2, 0) is 16.0 Å². The van der Waals surface area contributed by atoms with Crippen LogP contribution >= 0.6 is 0 Å². The van der Waals surface area contributed by atoms with E-state index in [1.807, 2.05) is 6.07 Å². The minimum Gasteiger partial charge on any atom is -0.492 e. The summed E-state index contributed by atoms with van der Waals surface area (Å²) in [6, 6.07) is 9.95. The number of rotatable bonds is 6. The number of hydrogen-bond donors (Lipinski definition) is 0. The molecule has 0 aliphatic carbocycles. The second-order valence-electron chi connectivity index (χ2n) is 8.13. The lowest BCUT2D eigenvalue weighted by molar-refractivity contribution is -0.134. The van der Waals surface area contributed by atoms with Crippen LogP contribution in [0.4, 0.5) is 4.79 Å².